The Balaban J connectivity index is 1.96. The van der Waals surface area contributed by atoms with Crippen molar-refractivity contribution in [3.05, 3.63) is 71.7 Å². The SMILES string of the molecule is COCCc1nc(-c2cc(C(F)(F)F)ccc2N)c2ccc(-c3ncccc3C(F)(F)F)cc2n1. The van der Waals surface area contributed by atoms with Crippen LogP contribution in [0.3, 0.4) is 0 Å². The summed E-state index contributed by atoms with van der Waals surface area (Å²) in [5.41, 5.74) is 4.48. The summed E-state index contributed by atoms with van der Waals surface area (Å²) in [4.78, 5) is 12.7. The molecule has 4 aromatic rings. The molecule has 0 spiro atoms. The molecule has 2 aromatic heterocycles. The van der Waals surface area contributed by atoms with Gasteiger partial charge in [0.1, 0.15) is 5.82 Å². The van der Waals surface area contributed by atoms with E-state index in [9.17, 15) is 26.3 Å². The van der Waals surface area contributed by atoms with Crippen molar-refractivity contribution in [1.29, 1.82) is 0 Å². The summed E-state index contributed by atoms with van der Waals surface area (Å²) in [6, 6.07) is 9.26. The van der Waals surface area contributed by atoms with E-state index in [1.807, 2.05) is 0 Å². The first kappa shape index (κ1) is 24.4. The van der Waals surface area contributed by atoms with Crippen LogP contribution in [-0.2, 0) is 23.5 Å². The lowest BCUT2D eigenvalue weighted by molar-refractivity contribution is -0.138. The van der Waals surface area contributed by atoms with Crippen LogP contribution in [0.2, 0.25) is 0 Å². The molecule has 0 aliphatic rings. The topological polar surface area (TPSA) is 73.9 Å². The predicted molar refractivity (Wildman–Crippen MR) is 118 cm³/mol. The fourth-order valence-corrected chi connectivity index (χ4v) is 3.64. The van der Waals surface area contributed by atoms with E-state index in [1.165, 1.54) is 37.6 Å². The van der Waals surface area contributed by atoms with Gasteiger partial charge in [0.2, 0.25) is 0 Å². The molecule has 182 valence electrons. The number of nitrogens with two attached hydrogens (primary N) is 1. The third kappa shape index (κ3) is 5.04. The molecule has 0 bridgehead atoms. The van der Waals surface area contributed by atoms with Crippen LogP contribution in [0.25, 0.3) is 33.4 Å². The second-order valence-electron chi connectivity index (χ2n) is 7.66. The molecular formula is C24H18F6N4O. The molecule has 0 radical (unpaired) electrons. The number of aromatic nitrogens is 3. The van der Waals surface area contributed by atoms with E-state index in [2.05, 4.69) is 15.0 Å². The van der Waals surface area contributed by atoms with Gasteiger partial charge in [0.25, 0.3) is 0 Å². The Kier molecular flexibility index (Phi) is 6.37. The number of anilines is 1. The lowest BCUT2D eigenvalue weighted by Gasteiger charge is -2.15. The Hall–Kier alpha value is -3.73. The third-order valence-corrected chi connectivity index (χ3v) is 5.30. The number of ether oxygens (including phenoxy) is 1. The van der Waals surface area contributed by atoms with Gasteiger partial charge in [0.05, 0.1) is 34.6 Å². The van der Waals surface area contributed by atoms with Gasteiger partial charge in [-0.3, -0.25) is 4.98 Å². The second kappa shape index (κ2) is 9.14. The first-order valence-corrected chi connectivity index (χ1v) is 10.3. The monoisotopic (exact) mass is 492 g/mol. The molecule has 0 fully saturated rings. The van der Waals surface area contributed by atoms with Gasteiger partial charge in [0.15, 0.2) is 0 Å². The van der Waals surface area contributed by atoms with Crippen molar-refractivity contribution in [2.24, 2.45) is 0 Å². The van der Waals surface area contributed by atoms with E-state index in [4.69, 9.17) is 10.5 Å². The highest BCUT2D eigenvalue weighted by molar-refractivity contribution is 5.97. The summed E-state index contributed by atoms with van der Waals surface area (Å²) < 4.78 is 85.7. The van der Waals surface area contributed by atoms with Gasteiger partial charge >= 0.3 is 12.4 Å². The zero-order chi connectivity index (χ0) is 25.4. The Morgan fingerprint density at radius 2 is 1.66 bits per heavy atom. The molecule has 0 aliphatic carbocycles. The smallest absolute Gasteiger partial charge is 0.398 e. The summed E-state index contributed by atoms with van der Waals surface area (Å²) in [5, 5.41) is 0.324. The van der Waals surface area contributed by atoms with E-state index in [-0.39, 0.29) is 52.6 Å². The van der Waals surface area contributed by atoms with Gasteiger partial charge < -0.3 is 10.5 Å². The largest absolute Gasteiger partial charge is 0.418 e. The van der Waals surface area contributed by atoms with Crippen molar-refractivity contribution in [3.63, 3.8) is 0 Å². The normalized spacial score (nSPS) is 12.3. The van der Waals surface area contributed by atoms with Crippen molar-refractivity contribution in [2.75, 3.05) is 19.5 Å². The maximum atomic E-state index is 13.5. The number of pyridine rings is 1. The number of fused-ring (bicyclic) bond motifs is 1. The van der Waals surface area contributed by atoms with Crippen molar-refractivity contribution in [1.82, 2.24) is 15.0 Å². The van der Waals surface area contributed by atoms with Gasteiger partial charge in [-0.05, 0) is 42.5 Å². The van der Waals surface area contributed by atoms with Gasteiger partial charge in [-0.2, -0.15) is 26.3 Å². The molecule has 0 unspecified atom stereocenters. The first-order chi connectivity index (χ1) is 16.5. The fraction of sp³-hybridized carbons (Fsp3) is 0.208. The maximum absolute atomic E-state index is 13.5. The number of alkyl halides is 6. The van der Waals surface area contributed by atoms with Crippen molar-refractivity contribution in [3.8, 4) is 22.5 Å². The molecule has 0 saturated heterocycles. The summed E-state index contributed by atoms with van der Waals surface area (Å²) in [6.45, 7) is 0.223. The number of rotatable bonds is 5. The third-order valence-electron chi connectivity index (χ3n) is 5.30. The van der Waals surface area contributed by atoms with Gasteiger partial charge in [-0.15, -0.1) is 0 Å². The van der Waals surface area contributed by atoms with Crippen LogP contribution in [0, 0.1) is 0 Å². The molecule has 0 atom stereocenters. The van der Waals surface area contributed by atoms with Crippen molar-refractivity contribution >= 4 is 16.6 Å². The summed E-state index contributed by atoms with van der Waals surface area (Å²) in [5.74, 6) is 0.236. The number of methoxy groups -OCH3 is 1. The maximum Gasteiger partial charge on any atom is 0.418 e. The minimum absolute atomic E-state index is 0.0347. The van der Waals surface area contributed by atoms with Gasteiger partial charge in [-0.25, -0.2) is 9.97 Å². The first-order valence-electron chi connectivity index (χ1n) is 10.3. The zero-order valence-corrected chi connectivity index (χ0v) is 18.2. The van der Waals surface area contributed by atoms with Crippen LogP contribution >= 0.6 is 0 Å². The molecule has 0 saturated carbocycles. The number of hydrogen-bond acceptors (Lipinski definition) is 5. The lowest BCUT2D eigenvalue weighted by atomic mass is 9.99. The Bertz CT molecular complexity index is 1390. The molecule has 2 aromatic carbocycles. The number of benzene rings is 2. The van der Waals surface area contributed by atoms with Crippen LogP contribution in [0.1, 0.15) is 17.0 Å². The van der Waals surface area contributed by atoms with Gasteiger partial charge in [-0.1, -0.05) is 6.07 Å². The molecule has 2 heterocycles. The van der Waals surface area contributed by atoms with Crippen LogP contribution in [0.15, 0.2) is 54.7 Å². The zero-order valence-electron chi connectivity index (χ0n) is 18.2. The number of hydrogen-bond donors (Lipinski definition) is 1. The Labute approximate surface area is 195 Å². The molecule has 5 nitrogen and oxygen atoms in total. The molecule has 11 heteroatoms. The highest BCUT2D eigenvalue weighted by Crippen LogP contribution is 2.39. The molecule has 0 aliphatic heterocycles. The van der Waals surface area contributed by atoms with Crippen LogP contribution in [-0.4, -0.2) is 28.7 Å². The summed E-state index contributed by atoms with van der Waals surface area (Å²) in [6.07, 6.45) is -7.77. The minimum atomic E-state index is -4.63. The highest BCUT2D eigenvalue weighted by Gasteiger charge is 2.34. The molecule has 0 amide bonds. The highest BCUT2D eigenvalue weighted by atomic mass is 19.4. The fourth-order valence-electron chi connectivity index (χ4n) is 3.64. The standard InChI is InChI=1S/C24H18F6N4O/c1-35-10-8-20-33-19-11-13(21-17(24(28,29)30)3-2-9-32-21)4-6-15(19)22(34-20)16-12-14(23(25,26)27)5-7-18(16)31/h2-7,9,11-12H,8,10,31H2,1H3. The molecule has 2 N–H and O–H groups in total. The average Bonchev–Trinajstić information content (AvgIpc) is 2.81. The van der Waals surface area contributed by atoms with Crippen LogP contribution < -0.4 is 5.73 Å². The number of nitrogen functional groups attached to an aromatic ring is 1. The quantitative estimate of drug-likeness (QED) is 0.267. The van der Waals surface area contributed by atoms with E-state index in [1.54, 1.807) is 0 Å². The number of halogens is 6. The summed E-state index contributed by atoms with van der Waals surface area (Å²) in [7, 11) is 1.46. The predicted octanol–water partition coefficient (Wildman–Crippen LogP) is 6.17. The average molecular weight is 492 g/mol. The van der Waals surface area contributed by atoms with E-state index in [0.717, 1.165) is 24.3 Å². The Morgan fingerprint density at radius 1 is 0.886 bits per heavy atom. The Morgan fingerprint density at radius 3 is 2.34 bits per heavy atom. The van der Waals surface area contributed by atoms with Crippen molar-refractivity contribution in [2.45, 2.75) is 18.8 Å². The lowest BCUT2D eigenvalue weighted by Crippen LogP contribution is -2.09. The molecular weight excluding hydrogens is 474 g/mol. The van der Waals surface area contributed by atoms with E-state index >= 15 is 0 Å². The van der Waals surface area contributed by atoms with Crippen LogP contribution in [0.5, 0.6) is 0 Å². The second-order valence-corrected chi connectivity index (χ2v) is 7.66. The summed E-state index contributed by atoms with van der Waals surface area (Å²) >= 11 is 0. The minimum Gasteiger partial charge on any atom is -0.398 e. The van der Waals surface area contributed by atoms with Crippen molar-refractivity contribution < 1.29 is 31.1 Å². The molecule has 4 rings (SSSR count). The van der Waals surface area contributed by atoms with E-state index < -0.39 is 23.5 Å². The van der Waals surface area contributed by atoms with Crippen LogP contribution in [0.4, 0.5) is 32.0 Å². The van der Waals surface area contributed by atoms with E-state index in [0.29, 0.717) is 5.39 Å². The molecule has 35 heavy (non-hydrogen) atoms. The number of nitrogens with zero attached hydrogens (tertiary/aromatic N) is 3. The van der Waals surface area contributed by atoms with Gasteiger partial charge in [0, 0.05) is 41.9 Å².